The van der Waals surface area contributed by atoms with Gasteiger partial charge >= 0.3 is 0 Å². The molecule has 0 aliphatic heterocycles. The van der Waals surface area contributed by atoms with Gasteiger partial charge in [0.15, 0.2) is 5.82 Å². The van der Waals surface area contributed by atoms with Crippen molar-refractivity contribution in [2.75, 3.05) is 5.73 Å². The van der Waals surface area contributed by atoms with Crippen LogP contribution in [0, 0.1) is 0 Å². The summed E-state index contributed by atoms with van der Waals surface area (Å²) in [4.78, 5) is 4.38. The monoisotopic (exact) mass is 250 g/mol. The zero-order chi connectivity index (χ0) is 13.4. The quantitative estimate of drug-likeness (QED) is 0.760. The predicted octanol–water partition coefficient (Wildman–Crippen LogP) is 3.04. The van der Waals surface area contributed by atoms with Gasteiger partial charge in [0.25, 0.3) is 0 Å². The van der Waals surface area contributed by atoms with Crippen molar-refractivity contribution in [1.29, 1.82) is 0 Å². The molecular weight excluding hydrogens is 236 g/mol. The Hall–Kier alpha value is -2.62. The van der Waals surface area contributed by atoms with Crippen LogP contribution < -0.4 is 5.73 Å². The SMILES string of the molecule is C=C(C)c1cnc2c(N)n(-c3ccccc3)nc2c1. The van der Waals surface area contributed by atoms with E-state index in [0.29, 0.717) is 11.3 Å². The van der Waals surface area contributed by atoms with E-state index in [2.05, 4.69) is 16.7 Å². The standard InChI is InChI=1S/C15H14N4/c1-10(2)11-8-13-14(17-9-11)15(16)19(18-13)12-6-4-3-5-7-12/h3-9H,1,16H2,2H3. The van der Waals surface area contributed by atoms with Crippen molar-refractivity contribution in [2.45, 2.75) is 6.92 Å². The molecule has 4 heteroatoms. The Morgan fingerprint density at radius 1 is 1.26 bits per heavy atom. The molecular formula is C15H14N4. The van der Waals surface area contributed by atoms with Gasteiger partial charge in [0.2, 0.25) is 0 Å². The van der Waals surface area contributed by atoms with E-state index in [1.165, 1.54) is 0 Å². The molecule has 4 nitrogen and oxygen atoms in total. The third-order valence-corrected chi connectivity index (χ3v) is 3.04. The van der Waals surface area contributed by atoms with Gasteiger partial charge in [-0.2, -0.15) is 5.10 Å². The summed E-state index contributed by atoms with van der Waals surface area (Å²) >= 11 is 0. The molecule has 2 N–H and O–H groups in total. The van der Waals surface area contributed by atoms with Crippen LogP contribution in [0.5, 0.6) is 0 Å². The average Bonchev–Trinajstić information content (AvgIpc) is 2.76. The molecule has 1 aromatic carbocycles. The first kappa shape index (κ1) is 11.5. The minimum Gasteiger partial charge on any atom is -0.382 e. The molecule has 0 radical (unpaired) electrons. The molecule has 3 rings (SSSR count). The highest BCUT2D eigenvalue weighted by Gasteiger charge is 2.11. The highest BCUT2D eigenvalue weighted by Crippen LogP contribution is 2.24. The van der Waals surface area contributed by atoms with Gasteiger partial charge in [-0.25, -0.2) is 9.67 Å². The van der Waals surface area contributed by atoms with Gasteiger partial charge in [-0.1, -0.05) is 24.8 Å². The maximum atomic E-state index is 6.11. The lowest BCUT2D eigenvalue weighted by Crippen LogP contribution is -2.01. The topological polar surface area (TPSA) is 56.7 Å². The number of allylic oxidation sites excluding steroid dienone is 1. The Morgan fingerprint density at radius 2 is 2.00 bits per heavy atom. The second-order valence-corrected chi connectivity index (χ2v) is 4.50. The van der Waals surface area contributed by atoms with Gasteiger partial charge in [-0.3, -0.25) is 0 Å². The van der Waals surface area contributed by atoms with Crippen molar-refractivity contribution in [2.24, 2.45) is 0 Å². The maximum Gasteiger partial charge on any atom is 0.153 e. The van der Waals surface area contributed by atoms with E-state index >= 15 is 0 Å². The summed E-state index contributed by atoms with van der Waals surface area (Å²) in [6.07, 6.45) is 1.78. The fourth-order valence-electron chi connectivity index (χ4n) is 1.99. The van der Waals surface area contributed by atoms with Crippen LogP contribution in [-0.2, 0) is 0 Å². The van der Waals surface area contributed by atoms with E-state index in [0.717, 1.165) is 22.3 Å². The lowest BCUT2D eigenvalue weighted by Gasteiger charge is -2.01. The van der Waals surface area contributed by atoms with E-state index < -0.39 is 0 Å². The number of aromatic nitrogens is 3. The van der Waals surface area contributed by atoms with Crippen LogP contribution in [-0.4, -0.2) is 14.8 Å². The van der Waals surface area contributed by atoms with Crippen molar-refractivity contribution in [3.05, 3.63) is 54.7 Å². The second-order valence-electron chi connectivity index (χ2n) is 4.50. The van der Waals surface area contributed by atoms with Gasteiger partial charge in [0.1, 0.15) is 11.0 Å². The average molecular weight is 250 g/mol. The molecule has 0 saturated carbocycles. The Bertz CT molecular complexity index is 756. The Kier molecular flexibility index (Phi) is 2.56. The molecule has 2 heterocycles. The van der Waals surface area contributed by atoms with Crippen LogP contribution in [0.15, 0.2) is 49.2 Å². The molecule has 0 fully saturated rings. The summed E-state index contributed by atoms with van der Waals surface area (Å²) in [7, 11) is 0. The number of rotatable bonds is 2. The molecule has 2 aromatic heterocycles. The fraction of sp³-hybridized carbons (Fsp3) is 0.0667. The van der Waals surface area contributed by atoms with E-state index in [1.807, 2.05) is 43.3 Å². The van der Waals surface area contributed by atoms with Crippen LogP contribution in [0.4, 0.5) is 5.82 Å². The Balaban J connectivity index is 2.23. The molecule has 19 heavy (non-hydrogen) atoms. The number of anilines is 1. The molecule has 0 aliphatic carbocycles. The minimum absolute atomic E-state index is 0.550. The summed E-state index contributed by atoms with van der Waals surface area (Å²) in [5, 5.41) is 4.51. The number of nitrogens with zero attached hydrogens (tertiary/aromatic N) is 3. The lowest BCUT2D eigenvalue weighted by atomic mass is 10.1. The van der Waals surface area contributed by atoms with Crippen LogP contribution in [0.2, 0.25) is 0 Å². The number of nitrogens with two attached hydrogens (primary N) is 1. The number of pyridine rings is 1. The zero-order valence-corrected chi connectivity index (χ0v) is 10.7. The fourth-order valence-corrected chi connectivity index (χ4v) is 1.99. The summed E-state index contributed by atoms with van der Waals surface area (Å²) < 4.78 is 1.71. The van der Waals surface area contributed by atoms with E-state index in [9.17, 15) is 0 Å². The van der Waals surface area contributed by atoms with Crippen molar-refractivity contribution in [3.8, 4) is 5.69 Å². The maximum absolute atomic E-state index is 6.11. The molecule has 0 spiro atoms. The minimum atomic E-state index is 0.550. The smallest absolute Gasteiger partial charge is 0.153 e. The molecule has 0 bridgehead atoms. The summed E-state index contributed by atoms with van der Waals surface area (Å²) in [5.74, 6) is 0.550. The number of nitrogen functional groups attached to an aromatic ring is 1. The summed E-state index contributed by atoms with van der Waals surface area (Å²) in [6.45, 7) is 5.86. The molecule has 94 valence electrons. The third kappa shape index (κ3) is 1.87. The van der Waals surface area contributed by atoms with Crippen molar-refractivity contribution >= 4 is 22.4 Å². The second kappa shape index (κ2) is 4.24. The number of fused-ring (bicyclic) bond motifs is 1. The van der Waals surface area contributed by atoms with Gasteiger partial charge in [0.05, 0.1) is 5.69 Å². The highest BCUT2D eigenvalue weighted by atomic mass is 15.3. The summed E-state index contributed by atoms with van der Waals surface area (Å²) in [6, 6.07) is 11.7. The molecule has 0 saturated heterocycles. The molecule has 0 aliphatic rings. The van der Waals surface area contributed by atoms with Gasteiger partial charge < -0.3 is 5.73 Å². The molecule has 0 amide bonds. The number of hydrogen-bond donors (Lipinski definition) is 1. The normalized spacial score (nSPS) is 10.8. The number of para-hydroxylation sites is 1. The number of hydrogen-bond acceptors (Lipinski definition) is 3. The van der Waals surface area contributed by atoms with Crippen LogP contribution in [0.3, 0.4) is 0 Å². The predicted molar refractivity (Wildman–Crippen MR) is 78.0 cm³/mol. The zero-order valence-electron chi connectivity index (χ0n) is 10.7. The van der Waals surface area contributed by atoms with Crippen molar-refractivity contribution < 1.29 is 0 Å². The lowest BCUT2D eigenvalue weighted by molar-refractivity contribution is 0.907. The number of benzene rings is 1. The largest absolute Gasteiger partial charge is 0.382 e. The van der Waals surface area contributed by atoms with Crippen LogP contribution >= 0.6 is 0 Å². The molecule has 3 aromatic rings. The third-order valence-electron chi connectivity index (χ3n) is 3.04. The highest BCUT2D eigenvalue weighted by molar-refractivity contribution is 5.87. The first-order valence-electron chi connectivity index (χ1n) is 6.02. The van der Waals surface area contributed by atoms with E-state index in [-0.39, 0.29) is 0 Å². The molecule has 0 atom stereocenters. The van der Waals surface area contributed by atoms with Gasteiger partial charge in [-0.05, 0) is 36.3 Å². The summed E-state index contributed by atoms with van der Waals surface area (Å²) in [5.41, 5.74) is 10.5. The van der Waals surface area contributed by atoms with Crippen molar-refractivity contribution in [1.82, 2.24) is 14.8 Å². The van der Waals surface area contributed by atoms with Crippen LogP contribution in [0.25, 0.3) is 22.3 Å². The van der Waals surface area contributed by atoms with Crippen LogP contribution in [0.1, 0.15) is 12.5 Å². The first-order chi connectivity index (χ1) is 9.16. The van der Waals surface area contributed by atoms with E-state index in [1.54, 1.807) is 10.9 Å². The molecule has 0 unspecified atom stereocenters. The first-order valence-corrected chi connectivity index (χ1v) is 6.02. The Labute approximate surface area is 111 Å². The van der Waals surface area contributed by atoms with E-state index in [4.69, 9.17) is 5.73 Å². The Morgan fingerprint density at radius 3 is 2.68 bits per heavy atom. The van der Waals surface area contributed by atoms with Gasteiger partial charge in [-0.15, -0.1) is 0 Å². The van der Waals surface area contributed by atoms with Crippen molar-refractivity contribution in [3.63, 3.8) is 0 Å². The van der Waals surface area contributed by atoms with Gasteiger partial charge in [0, 0.05) is 6.20 Å².